The number of halogens is 1. The molecule has 4 N–H and O–H groups in total. The molecule has 0 bridgehead atoms. The van der Waals surface area contributed by atoms with Crippen molar-refractivity contribution in [1.82, 2.24) is 10.3 Å². The lowest BCUT2D eigenvalue weighted by Gasteiger charge is -2.15. The zero-order valence-electron chi connectivity index (χ0n) is 11.8. The molecule has 1 amide bonds. The number of carbonyl (C=O) groups is 1. The molecule has 0 aliphatic heterocycles. The molecule has 0 aliphatic rings. The van der Waals surface area contributed by atoms with Gasteiger partial charge in [-0.3, -0.25) is 4.79 Å². The largest absolute Gasteiger partial charge is 0.361 e. The monoisotopic (exact) mass is 295 g/mol. The highest BCUT2D eigenvalue weighted by Gasteiger charge is 2.16. The molecule has 1 atom stereocenters. The average molecular weight is 296 g/mol. The van der Waals surface area contributed by atoms with E-state index in [2.05, 4.69) is 16.4 Å². The maximum Gasteiger partial charge on any atom is 0.237 e. The summed E-state index contributed by atoms with van der Waals surface area (Å²) < 4.78 is 0. The Balaban J connectivity index is 0.00000200. The highest BCUT2D eigenvalue weighted by atomic mass is 35.5. The summed E-state index contributed by atoms with van der Waals surface area (Å²) in [7, 11) is 0. The van der Waals surface area contributed by atoms with Crippen molar-refractivity contribution in [3.05, 3.63) is 36.0 Å². The number of hydrogen-bond acceptors (Lipinski definition) is 2. The molecular formula is C15H22ClN3O. The van der Waals surface area contributed by atoms with Crippen LogP contribution in [0.2, 0.25) is 0 Å². The number of rotatable bonds is 5. The average Bonchev–Trinajstić information content (AvgIpc) is 2.81. The molecule has 0 fully saturated rings. The smallest absolute Gasteiger partial charge is 0.237 e. The van der Waals surface area contributed by atoms with Gasteiger partial charge >= 0.3 is 0 Å². The Bertz CT molecular complexity index is 565. The summed E-state index contributed by atoms with van der Waals surface area (Å²) >= 11 is 0. The highest BCUT2D eigenvalue weighted by molar-refractivity contribution is 5.85. The van der Waals surface area contributed by atoms with E-state index in [0.29, 0.717) is 6.54 Å². The van der Waals surface area contributed by atoms with Gasteiger partial charge in [-0.05, 0) is 24.0 Å². The van der Waals surface area contributed by atoms with Crippen LogP contribution in [0, 0.1) is 5.92 Å². The quantitative estimate of drug-likeness (QED) is 0.791. The van der Waals surface area contributed by atoms with Crippen molar-refractivity contribution in [3.63, 3.8) is 0 Å². The predicted octanol–water partition coefficient (Wildman–Crippen LogP) is 2.23. The van der Waals surface area contributed by atoms with Crippen LogP contribution in [-0.2, 0) is 11.2 Å². The van der Waals surface area contributed by atoms with Crippen LogP contribution in [0.1, 0.15) is 19.4 Å². The van der Waals surface area contributed by atoms with Crippen LogP contribution < -0.4 is 11.1 Å². The summed E-state index contributed by atoms with van der Waals surface area (Å²) in [6.45, 7) is 4.51. The second kappa shape index (κ2) is 7.31. The second-order valence-corrected chi connectivity index (χ2v) is 5.17. The zero-order chi connectivity index (χ0) is 13.8. The molecule has 0 saturated carbocycles. The standard InChI is InChI=1S/C15H21N3O.ClH/c1-10(2)14(16)15(19)17-8-7-11-9-18-13-6-4-3-5-12(11)13;/h3-6,9-10,14,18H,7-8,16H2,1-2H3,(H,17,19);1H/t14-;/m1./s1. The van der Waals surface area contributed by atoms with Gasteiger partial charge in [-0.2, -0.15) is 0 Å². The van der Waals surface area contributed by atoms with E-state index in [4.69, 9.17) is 5.73 Å². The number of nitrogens with one attached hydrogen (secondary N) is 2. The van der Waals surface area contributed by atoms with Crippen molar-refractivity contribution in [2.75, 3.05) is 6.54 Å². The van der Waals surface area contributed by atoms with Gasteiger partial charge in [-0.25, -0.2) is 0 Å². The van der Waals surface area contributed by atoms with Crippen LogP contribution in [0.5, 0.6) is 0 Å². The summed E-state index contributed by atoms with van der Waals surface area (Å²) in [6.07, 6.45) is 2.81. The van der Waals surface area contributed by atoms with E-state index in [1.54, 1.807) is 0 Å². The van der Waals surface area contributed by atoms with E-state index in [0.717, 1.165) is 11.9 Å². The lowest BCUT2D eigenvalue weighted by atomic mass is 10.0. The molecule has 0 unspecified atom stereocenters. The predicted molar refractivity (Wildman–Crippen MR) is 85.1 cm³/mol. The van der Waals surface area contributed by atoms with Crippen molar-refractivity contribution in [1.29, 1.82) is 0 Å². The number of para-hydroxylation sites is 1. The molecule has 2 aromatic rings. The number of fused-ring (bicyclic) bond motifs is 1. The minimum absolute atomic E-state index is 0. The SMILES string of the molecule is CC(C)[C@@H](N)C(=O)NCCc1c[nH]c2ccccc12.Cl. The van der Waals surface area contributed by atoms with Crippen LogP contribution in [0.25, 0.3) is 10.9 Å². The zero-order valence-corrected chi connectivity index (χ0v) is 12.7. The number of benzene rings is 1. The number of hydrogen-bond donors (Lipinski definition) is 3. The van der Waals surface area contributed by atoms with Crippen molar-refractivity contribution in [2.45, 2.75) is 26.3 Å². The van der Waals surface area contributed by atoms with E-state index in [1.165, 1.54) is 10.9 Å². The molecule has 1 aromatic carbocycles. The number of aromatic nitrogens is 1. The summed E-state index contributed by atoms with van der Waals surface area (Å²) in [5.41, 5.74) is 8.14. The molecule has 0 aliphatic carbocycles. The normalized spacial score (nSPS) is 12.2. The first-order valence-corrected chi connectivity index (χ1v) is 6.68. The van der Waals surface area contributed by atoms with Crippen molar-refractivity contribution < 1.29 is 4.79 Å². The first-order chi connectivity index (χ1) is 9.09. The Morgan fingerprint density at radius 2 is 2.05 bits per heavy atom. The van der Waals surface area contributed by atoms with Crippen molar-refractivity contribution in [2.24, 2.45) is 11.7 Å². The summed E-state index contributed by atoms with van der Waals surface area (Å²) in [5.74, 6) is 0.0860. The maximum atomic E-state index is 11.7. The van der Waals surface area contributed by atoms with Gasteiger partial charge in [-0.15, -0.1) is 12.4 Å². The molecule has 2 rings (SSSR count). The summed E-state index contributed by atoms with van der Waals surface area (Å²) in [4.78, 5) is 15.0. The van der Waals surface area contributed by atoms with Crippen LogP contribution >= 0.6 is 12.4 Å². The fourth-order valence-corrected chi connectivity index (χ4v) is 2.08. The van der Waals surface area contributed by atoms with E-state index < -0.39 is 6.04 Å². The molecule has 4 nitrogen and oxygen atoms in total. The topological polar surface area (TPSA) is 70.9 Å². The van der Waals surface area contributed by atoms with Crippen LogP contribution in [0.4, 0.5) is 0 Å². The number of amides is 1. The molecule has 0 saturated heterocycles. The molecule has 0 radical (unpaired) electrons. The number of H-pyrrole nitrogens is 1. The lowest BCUT2D eigenvalue weighted by Crippen LogP contribution is -2.44. The van der Waals surface area contributed by atoms with Gasteiger partial charge in [0.15, 0.2) is 0 Å². The Morgan fingerprint density at radius 3 is 2.75 bits per heavy atom. The summed E-state index contributed by atoms with van der Waals surface area (Å²) in [6, 6.07) is 7.73. The van der Waals surface area contributed by atoms with Crippen molar-refractivity contribution >= 4 is 29.2 Å². The molecule has 20 heavy (non-hydrogen) atoms. The number of carbonyl (C=O) groups excluding carboxylic acids is 1. The minimum Gasteiger partial charge on any atom is -0.361 e. The molecule has 1 aromatic heterocycles. The summed E-state index contributed by atoms with van der Waals surface area (Å²) in [5, 5.41) is 4.10. The fourth-order valence-electron chi connectivity index (χ4n) is 2.08. The molecule has 5 heteroatoms. The van der Waals surface area contributed by atoms with Crippen molar-refractivity contribution in [3.8, 4) is 0 Å². The van der Waals surface area contributed by atoms with Gasteiger partial charge in [0.05, 0.1) is 6.04 Å². The van der Waals surface area contributed by atoms with Gasteiger partial charge in [-0.1, -0.05) is 32.0 Å². The van der Waals surface area contributed by atoms with Crippen LogP contribution in [0.3, 0.4) is 0 Å². The van der Waals surface area contributed by atoms with E-state index >= 15 is 0 Å². The Morgan fingerprint density at radius 1 is 1.35 bits per heavy atom. The highest BCUT2D eigenvalue weighted by Crippen LogP contribution is 2.17. The molecule has 110 valence electrons. The van der Waals surface area contributed by atoms with Gasteiger partial charge in [0.1, 0.15) is 0 Å². The fraction of sp³-hybridized carbons (Fsp3) is 0.400. The first kappa shape index (κ1) is 16.5. The molecule has 0 spiro atoms. The maximum absolute atomic E-state index is 11.7. The number of aromatic amines is 1. The van der Waals surface area contributed by atoms with Gasteiger partial charge in [0.25, 0.3) is 0 Å². The lowest BCUT2D eigenvalue weighted by molar-refractivity contribution is -0.123. The van der Waals surface area contributed by atoms with E-state index in [1.807, 2.05) is 38.2 Å². The molecular weight excluding hydrogens is 274 g/mol. The Kier molecular flexibility index (Phi) is 6.05. The number of nitrogens with two attached hydrogens (primary N) is 1. The Hall–Kier alpha value is -1.52. The third-order valence-electron chi connectivity index (χ3n) is 3.39. The van der Waals surface area contributed by atoms with E-state index in [-0.39, 0.29) is 24.2 Å². The Labute approximate surface area is 125 Å². The third kappa shape index (κ3) is 3.74. The van der Waals surface area contributed by atoms with E-state index in [9.17, 15) is 4.79 Å². The first-order valence-electron chi connectivity index (χ1n) is 6.68. The third-order valence-corrected chi connectivity index (χ3v) is 3.39. The van der Waals surface area contributed by atoms with Gasteiger partial charge in [0.2, 0.25) is 5.91 Å². The van der Waals surface area contributed by atoms with Gasteiger partial charge < -0.3 is 16.0 Å². The minimum atomic E-state index is -0.428. The van der Waals surface area contributed by atoms with Crippen LogP contribution in [0.15, 0.2) is 30.5 Å². The second-order valence-electron chi connectivity index (χ2n) is 5.17. The van der Waals surface area contributed by atoms with Crippen LogP contribution in [-0.4, -0.2) is 23.5 Å². The molecule has 1 heterocycles. The van der Waals surface area contributed by atoms with Gasteiger partial charge in [0, 0.05) is 23.6 Å².